The van der Waals surface area contributed by atoms with Gasteiger partial charge in [-0.25, -0.2) is 4.79 Å². The fourth-order valence-electron chi connectivity index (χ4n) is 3.68. The Labute approximate surface area is 162 Å². The van der Waals surface area contributed by atoms with E-state index in [1.807, 2.05) is 13.0 Å². The number of amides is 4. The highest BCUT2D eigenvalue weighted by Gasteiger charge is 2.51. The molecule has 7 nitrogen and oxygen atoms in total. The number of carbonyl (C=O) groups excluding carboxylic acids is 4. The van der Waals surface area contributed by atoms with E-state index in [0.717, 1.165) is 17.7 Å². The summed E-state index contributed by atoms with van der Waals surface area (Å²) in [6.45, 7) is 2.60. The molecule has 0 atom stereocenters. The molecular weight excluding hydrogens is 366 g/mol. The molecule has 1 aromatic rings. The third kappa shape index (κ3) is 4.37. The van der Waals surface area contributed by atoms with Crippen molar-refractivity contribution in [2.45, 2.75) is 57.4 Å². The van der Waals surface area contributed by atoms with E-state index in [1.54, 1.807) is 6.07 Å². The van der Waals surface area contributed by atoms with Gasteiger partial charge >= 0.3 is 6.03 Å². The minimum atomic E-state index is -0.680. The molecule has 0 unspecified atom stereocenters. The van der Waals surface area contributed by atoms with Crippen LogP contribution in [0, 0.1) is 6.92 Å². The van der Waals surface area contributed by atoms with Crippen molar-refractivity contribution in [3.63, 3.8) is 0 Å². The van der Waals surface area contributed by atoms with E-state index in [4.69, 9.17) is 0 Å². The lowest BCUT2D eigenvalue weighted by atomic mass is 9.98. The smallest absolute Gasteiger partial charge is 0.325 e. The lowest BCUT2D eigenvalue weighted by molar-refractivity contribution is -0.131. The number of aryl methyl sites for hydroxylation is 1. The summed E-state index contributed by atoms with van der Waals surface area (Å²) in [6.07, 6.45) is 4.16. The minimum Gasteiger partial charge on any atom is -0.356 e. The molecule has 0 radical (unpaired) electrons. The normalized spacial score (nSPS) is 18.2. The summed E-state index contributed by atoms with van der Waals surface area (Å²) in [5.74, 6) is -0.348. The van der Waals surface area contributed by atoms with Crippen molar-refractivity contribution in [1.29, 1.82) is 0 Å². The Morgan fingerprint density at radius 1 is 1.22 bits per heavy atom. The molecule has 27 heavy (non-hydrogen) atoms. The third-order valence-electron chi connectivity index (χ3n) is 5.18. The van der Waals surface area contributed by atoms with Crippen molar-refractivity contribution in [3.05, 3.63) is 21.9 Å². The van der Waals surface area contributed by atoms with Gasteiger partial charge in [-0.2, -0.15) is 0 Å². The van der Waals surface area contributed by atoms with E-state index in [2.05, 4.69) is 10.6 Å². The lowest BCUT2D eigenvalue weighted by Crippen LogP contribution is -2.44. The molecule has 3 rings (SSSR count). The second-order valence-electron chi connectivity index (χ2n) is 7.21. The van der Waals surface area contributed by atoms with E-state index >= 15 is 0 Å². The maximum Gasteiger partial charge on any atom is 0.325 e. The molecule has 2 N–H and O–H groups in total. The van der Waals surface area contributed by atoms with Gasteiger partial charge in [0.05, 0.1) is 4.88 Å². The van der Waals surface area contributed by atoms with Crippen LogP contribution in [0.4, 0.5) is 4.79 Å². The molecule has 8 heteroatoms. The molecule has 1 spiro atoms. The van der Waals surface area contributed by atoms with Crippen LogP contribution in [-0.4, -0.2) is 47.2 Å². The molecule has 2 heterocycles. The molecule has 1 saturated carbocycles. The molecule has 0 aromatic carbocycles. The number of carbonyl (C=O) groups is 4. The van der Waals surface area contributed by atoms with Crippen LogP contribution >= 0.6 is 11.3 Å². The number of thiophene rings is 1. The number of Topliss-reactive ketones (excluding diaryl/α,β-unsaturated/α-hetero) is 1. The number of hydrogen-bond acceptors (Lipinski definition) is 5. The summed E-state index contributed by atoms with van der Waals surface area (Å²) >= 11 is 1.43. The topological polar surface area (TPSA) is 95.6 Å². The molecule has 146 valence electrons. The molecule has 4 amide bonds. The molecule has 0 bridgehead atoms. The van der Waals surface area contributed by atoms with E-state index in [1.165, 1.54) is 16.2 Å². The van der Waals surface area contributed by atoms with Crippen LogP contribution in [0.25, 0.3) is 0 Å². The van der Waals surface area contributed by atoms with Gasteiger partial charge in [0, 0.05) is 30.8 Å². The highest BCUT2D eigenvalue weighted by Crippen LogP contribution is 2.34. The Balaban J connectivity index is 1.35. The summed E-state index contributed by atoms with van der Waals surface area (Å²) in [7, 11) is 0. The first-order valence-corrected chi connectivity index (χ1v) is 10.2. The van der Waals surface area contributed by atoms with E-state index in [0.29, 0.717) is 37.2 Å². The number of imide groups is 1. The first-order valence-electron chi connectivity index (χ1n) is 9.42. The summed E-state index contributed by atoms with van der Waals surface area (Å²) in [5, 5.41) is 5.59. The predicted molar refractivity (Wildman–Crippen MR) is 102 cm³/mol. The van der Waals surface area contributed by atoms with Gasteiger partial charge in [0.25, 0.3) is 5.91 Å². The maximum atomic E-state index is 12.5. The van der Waals surface area contributed by atoms with Crippen LogP contribution in [0.5, 0.6) is 0 Å². The van der Waals surface area contributed by atoms with Gasteiger partial charge in [-0.3, -0.25) is 19.3 Å². The lowest BCUT2D eigenvalue weighted by Gasteiger charge is -2.20. The highest BCUT2D eigenvalue weighted by molar-refractivity contribution is 7.14. The van der Waals surface area contributed by atoms with Gasteiger partial charge in [0.1, 0.15) is 5.54 Å². The van der Waals surface area contributed by atoms with Crippen LogP contribution in [0.3, 0.4) is 0 Å². The summed E-state index contributed by atoms with van der Waals surface area (Å²) in [5.41, 5.74) is -0.680. The second kappa shape index (κ2) is 8.21. The number of urea groups is 1. The summed E-state index contributed by atoms with van der Waals surface area (Å²) in [6, 6.07) is 3.35. The summed E-state index contributed by atoms with van der Waals surface area (Å²) in [4.78, 5) is 51.5. The van der Waals surface area contributed by atoms with Crippen LogP contribution in [0.15, 0.2) is 12.1 Å². The molecule has 1 aromatic heterocycles. The van der Waals surface area contributed by atoms with Crippen molar-refractivity contribution in [2.24, 2.45) is 0 Å². The first-order chi connectivity index (χ1) is 12.9. The average molecular weight is 391 g/mol. The molecule has 1 saturated heterocycles. The maximum absolute atomic E-state index is 12.5. The molecule has 1 aliphatic heterocycles. The third-order valence-corrected chi connectivity index (χ3v) is 6.22. The number of nitrogens with zero attached hydrogens (tertiary/aromatic N) is 1. The average Bonchev–Trinajstić information content (AvgIpc) is 3.33. The van der Waals surface area contributed by atoms with Crippen molar-refractivity contribution in [1.82, 2.24) is 15.5 Å². The van der Waals surface area contributed by atoms with Gasteiger partial charge in [0.15, 0.2) is 5.78 Å². The number of ketones is 1. The molecule has 1 aliphatic carbocycles. The van der Waals surface area contributed by atoms with Crippen molar-refractivity contribution < 1.29 is 19.2 Å². The van der Waals surface area contributed by atoms with Gasteiger partial charge < -0.3 is 10.6 Å². The molecular formula is C19H25N3O4S. The second-order valence-corrected chi connectivity index (χ2v) is 8.50. The minimum absolute atomic E-state index is 0.0237. The zero-order valence-corrected chi connectivity index (χ0v) is 16.3. The largest absolute Gasteiger partial charge is 0.356 e. The van der Waals surface area contributed by atoms with Crippen molar-refractivity contribution >= 4 is 35.0 Å². The Morgan fingerprint density at radius 2 is 1.96 bits per heavy atom. The standard InChI is InChI=1S/C19H25N3O4S/c1-13-5-7-15(27-13)14(23)6-8-16(24)20-11-4-12-22-17(25)19(21-18(22)26)9-2-3-10-19/h5,7H,2-4,6,8-12H2,1H3,(H,20,24)(H,21,26). The molecule has 2 fully saturated rings. The Kier molecular flexibility index (Phi) is 5.94. The zero-order valence-electron chi connectivity index (χ0n) is 15.5. The molecule has 2 aliphatic rings. The van der Waals surface area contributed by atoms with Gasteiger partial charge in [-0.05, 0) is 38.3 Å². The Morgan fingerprint density at radius 3 is 2.63 bits per heavy atom. The quantitative estimate of drug-likeness (QED) is 0.404. The van der Waals surface area contributed by atoms with E-state index in [9.17, 15) is 19.2 Å². The zero-order chi connectivity index (χ0) is 19.4. The van der Waals surface area contributed by atoms with Crippen molar-refractivity contribution in [2.75, 3.05) is 13.1 Å². The number of hydrogen-bond donors (Lipinski definition) is 2. The fourth-order valence-corrected chi connectivity index (χ4v) is 4.52. The van der Waals surface area contributed by atoms with Crippen LogP contribution in [0.2, 0.25) is 0 Å². The SMILES string of the molecule is Cc1ccc(C(=O)CCC(=O)NCCCN2C(=O)NC3(CCCC3)C2=O)s1. The number of rotatable bonds is 8. The number of nitrogens with one attached hydrogen (secondary N) is 2. The summed E-state index contributed by atoms with van der Waals surface area (Å²) < 4.78 is 0. The van der Waals surface area contributed by atoms with Crippen LogP contribution in [-0.2, 0) is 9.59 Å². The van der Waals surface area contributed by atoms with Crippen molar-refractivity contribution in [3.8, 4) is 0 Å². The first kappa shape index (κ1) is 19.5. The van der Waals surface area contributed by atoms with Gasteiger partial charge in [-0.1, -0.05) is 12.8 Å². The highest BCUT2D eigenvalue weighted by atomic mass is 32.1. The van der Waals surface area contributed by atoms with E-state index in [-0.39, 0.29) is 36.5 Å². The van der Waals surface area contributed by atoms with Crippen LogP contribution in [0.1, 0.15) is 59.5 Å². The van der Waals surface area contributed by atoms with Gasteiger partial charge in [0.2, 0.25) is 5.91 Å². The fraction of sp³-hybridized carbons (Fsp3) is 0.579. The van der Waals surface area contributed by atoms with E-state index < -0.39 is 5.54 Å². The Hall–Kier alpha value is -2.22. The monoisotopic (exact) mass is 391 g/mol. The van der Waals surface area contributed by atoms with Crippen LogP contribution < -0.4 is 10.6 Å². The predicted octanol–water partition coefficient (Wildman–Crippen LogP) is 2.39. The van der Waals surface area contributed by atoms with Gasteiger partial charge in [-0.15, -0.1) is 11.3 Å². The Bertz CT molecular complexity index is 752.